The molecule has 0 bridgehead atoms. The Bertz CT molecular complexity index is 443. The van der Waals surface area contributed by atoms with Crippen molar-refractivity contribution < 1.29 is 13.6 Å². The minimum Gasteiger partial charge on any atom is -0.337 e. The summed E-state index contributed by atoms with van der Waals surface area (Å²) in [5, 5.41) is 0. The molecule has 5 heteroatoms. The highest BCUT2D eigenvalue weighted by atomic mass is 19.1. The van der Waals surface area contributed by atoms with Crippen molar-refractivity contribution >= 4 is 5.91 Å². The molecule has 0 saturated heterocycles. The fourth-order valence-corrected chi connectivity index (χ4v) is 2.06. The highest BCUT2D eigenvalue weighted by Gasteiger charge is 2.22. The van der Waals surface area contributed by atoms with E-state index in [1.807, 2.05) is 13.8 Å². The van der Waals surface area contributed by atoms with Gasteiger partial charge in [0.1, 0.15) is 11.6 Å². The van der Waals surface area contributed by atoms with Crippen molar-refractivity contribution in [3.63, 3.8) is 0 Å². The summed E-state index contributed by atoms with van der Waals surface area (Å²) in [7, 11) is 0. The van der Waals surface area contributed by atoms with Gasteiger partial charge in [-0.05, 0) is 31.4 Å². The number of halogens is 2. The van der Waals surface area contributed by atoms with Crippen LogP contribution in [0.15, 0.2) is 18.2 Å². The highest BCUT2D eigenvalue weighted by molar-refractivity contribution is 5.81. The minimum atomic E-state index is -0.645. The van der Waals surface area contributed by atoms with E-state index in [0.717, 1.165) is 0 Å². The molecule has 1 amide bonds. The van der Waals surface area contributed by atoms with Crippen LogP contribution in [0.3, 0.4) is 0 Å². The average Bonchev–Trinajstić information content (AvgIpc) is 2.37. The zero-order valence-corrected chi connectivity index (χ0v) is 12.2. The first kappa shape index (κ1) is 16.6. The van der Waals surface area contributed by atoms with Gasteiger partial charge in [0.15, 0.2) is 0 Å². The standard InChI is InChI=1S/C15H22F2N2O/c1-4-19(15(20)14(18)8-10(2)3)9-11-12(16)6-5-7-13(11)17/h5-7,10,14H,4,8-9,18H2,1-3H3/t14-/m0/s1. The number of likely N-dealkylation sites (N-methyl/N-ethyl adjacent to an activating group) is 1. The zero-order chi connectivity index (χ0) is 15.3. The lowest BCUT2D eigenvalue weighted by Gasteiger charge is -2.25. The topological polar surface area (TPSA) is 46.3 Å². The molecule has 0 unspecified atom stereocenters. The highest BCUT2D eigenvalue weighted by Crippen LogP contribution is 2.16. The largest absolute Gasteiger partial charge is 0.337 e. The van der Waals surface area contributed by atoms with Crippen molar-refractivity contribution in [2.24, 2.45) is 11.7 Å². The predicted octanol–water partition coefficient (Wildman–Crippen LogP) is 2.69. The van der Waals surface area contributed by atoms with Crippen molar-refractivity contribution in [2.75, 3.05) is 6.54 Å². The number of rotatable bonds is 6. The van der Waals surface area contributed by atoms with E-state index in [4.69, 9.17) is 5.73 Å². The molecule has 2 N–H and O–H groups in total. The average molecular weight is 284 g/mol. The summed E-state index contributed by atoms with van der Waals surface area (Å²) < 4.78 is 27.2. The van der Waals surface area contributed by atoms with Crippen LogP contribution in [0.2, 0.25) is 0 Å². The van der Waals surface area contributed by atoms with Crippen molar-refractivity contribution in [3.05, 3.63) is 35.4 Å². The molecule has 1 rings (SSSR count). The third-order valence-corrected chi connectivity index (χ3v) is 3.15. The summed E-state index contributed by atoms with van der Waals surface area (Å²) >= 11 is 0. The smallest absolute Gasteiger partial charge is 0.239 e. The lowest BCUT2D eigenvalue weighted by Crippen LogP contribution is -2.44. The maximum atomic E-state index is 13.6. The fraction of sp³-hybridized carbons (Fsp3) is 0.533. The Balaban J connectivity index is 2.84. The third-order valence-electron chi connectivity index (χ3n) is 3.15. The maximum absolute atomic E-state index is 13.6. The van der Waals surface area contributed by atoms with Crippen LogP contribution in [0.25, 0.3) is 0 Å². The molecule has 3 nitrogen and oxygen atoms in total. The first-order valence-corrected chi connectivity index (χ1v) is 6.84. The number of nitrogens with zero attached hydrogens (tertiary/aromatic N) is 1. The van der Waals surface area contributed by atoms with E-state index < -0.39 is 17.7 Å². The molecule has 0 aliphatic heterocycles. The van der Waals surface area contributed by atoms with Crippen molar-refractivity contribution in [3.8, 4) is 0 Å². The van der Waals surface area contributed by atoms with Crippen molar-refractivity contribution in [2.45, 2.75) is 39.8 Å². The first-order chi connectivity index (χ1) is 9.36. The van der Waals surface area contributed by atoms with Gasteiger partial charge in [-0.1, -0.05) is 19.9 Å². The quantitative estimate of drug-likeness (QED) is 0.873. The van der Waals surface area contributed by atoms with Gasteiger partial charge in [-0.25, -0.2) is 8.78 Å². The molecule has 112 valence electrons. The maximum Gasteiger partial charge on any atom is 0.239 e. The summed E-state index contributed by atoms with van der Waals surface area (Å²) in [6.07, 6.45) is 0.551. The Morgan fingerprint density at radius 3 is 2.30 bits per heavy atom. The molecule has 0 radical (unpaired) electrons. The second kappa shape index (κ2) is 7.33. The second-order valence-electron chi connectivity index (χ2n) is 5.29. The van der Waals surface area contributed by atoms with Crippen molar-refractivity contribution in [1.29, 1.82) is 0 Å². The van der Waals surface area contributed by atoms with Gasteiger partial charge in [0.25, 0.3) is 0 Å². The zero-order valence-electron chi connectivity index (χ0n) is 12.2. The summed E-state index contributed by atoms with van der Waals surface area (Å²) in [6.45, 7) is 5.97. The summed E-state index contributed by atoms with van der Waals surface area (Å²) in [4.78, 5) is 13.6. The Morgan fingerprint density at radius 2 is 1.85 bits per heavy atom. The molecule has 1 aromatic rings. The molecule has 0 aromatic heterocycles. The van der Waals surface area contributed by atoms with Crippen molar-refractivity contribution in [1.82, 2.24) is 4.90 Å². The number of carbonyl (C=O) groups excluding carboxylic acids is 1. The van der Waals surface area contributed by atoms with E-state index in [1.54, 1.807) is 6.92 Å². The number of nitrogens with two attached hydrogens (primary N) is 1. The molecule has 0 heterocycles. The number of amides is 1. The summed E-state index contributed by atoms with van der Waals surface area (Å²) in [5.41, 5.74) is 5.75. The Labute approximate surface area is 118 Å². The van der Waals surface area contributed by atoms with Gasteiger partial charge in [-0.15, -0.1) is 0 Å². The molecule has 1 atom stereocenters. The van der Waals surface area contributed by atoms with Crippen LogP contribution in [0.4, 0.5) is 8.78 Å². The van der Waals surface area contributed by atoms with Crippen LogP contribution >= 0.6 is 0 Å². The van der Waals surface area contributed by atoms with E-state index in [-0.39, 0.29) is 23.9 Å². The molecule has 0 aliphatic rings. The van der Waals surface area contributed by atoms with Crippen LogP contribution in [0.5, 0.6) is 0 Å². The molecule has 0 saturated carbocycles. The third kappa shape index (κ3) is 4.27. The van der Waals surface area contributed by atoms with E-state index >= 15 is 0 Å². The summed E-state index contributed by atoms with van der Waals surface area (Å²) in [6, 6.07) is 3.04. The number of carbonyl (C=O) groups is 1. The predicted molar refractivity (Wildman–Crippen MR) is 74.9 cm³/mol. The Morgan fingerprint density at radius 1 is 1.30 bits per heavy atom. The van der Waals surface area contributed by atoms with E-state index in [0.29, 0.717) is 13.0 Å². The van der Waals surface area contributed by atoms with Crippen LogP contribution in [-0.2, 0) is 11.3 Å². The molecule has 20 heavy (non-hydrogen) atoms. The normalized spacial score (nSPS) is 12.6. The Kier molecular flexibility index (Phi) is 6.07. The fourth-order valence-electron chi connectivity index (χ4n) is 2.06. The summed E-state index contributed by atoms with van der Waals surface area (Å²) in [5.74, 6) is -1.27. The van der Waals surface area contributed by atoms with Crippen LogP contribution < -0.4 is 5.73 Å². The van der Waals surface area contributed by atoms with Gasteiger partial charge < -0.3 is 10.6 Å². The number of hydrogen-bond acceptors (Lipinski definition) is 2. The lowest BCUT2D eigenvalue weighted by molar-refractivity contribution is -0.133. The van der Waals surface area contributed by atoms with Gasteiger partial charge in [0.2, 0.25) is 5.91 Å². The number of benzene rings is 1. The van der Waals surface area contributed by atoms with E-state index in [2.05, 4.69) is 0 Å². The van der Waals surface area contributed by atoms with Gasteiger partial charge in [-0.2, -0.15) is 0 Å². The number of hydrogen-bond donors (Lipinski definition) is 1. The Hall–Kier alpha value is -1.49. The monoisotopic (exact) mass is 284 g/mol. The molecular weight excluding hydrogens is 262 g/mol. The molecule has 0 aliphatic carbocycles. The molecule has 0 spiro atoms. The van der Waals surface area contributed by atoms with Crippen LogP contribution in [-0.4, -0.2) is 23.4 Å². The lowest BCUT2D eigenvalue weighted by atomic mass is 10.0. The second-order valence-corrected chi connectivity index (χ2v) is 5.29. The van der Waals surface area contributed by atoms with Crippen LogP contribution in [0.1, 0.15) is 32.8 Å². The van der Waals surface area contributed by atoms with Crippen LogP contribution in [0, 0.1) is 17.6 Å². The minimum absolute atomic E-state index is 0.0976. The van der Waals surface area contributed by atoms with Gasteiger partial charge in [0.05, 0.1) is 12.6 Å². The molecular formula is C15H22F2N2O. The van der Waals surface area contributed by atoms with E-state index in [9.17, 15) is 13.6 Å². The molecule has 0 fully saturated rings. The van der Waals surface area contributed by atoms with Gasteiger partial charge in [0, 0.05) is 12.1 Å². The van der Waals surface area contributed by atoms with E-state index in [1.165, 1.54) is 23.1 Å². The van der Waals surface area contributed by atoms with Gasteiger partial charge in [-0.3, -0.25) is 4.79 Å². The SMILES string of the molecule is CCN(Cc1c(F)cccc1F)C(=O)[C@@H](N)CC(C)C. The van der Waals surface area contributed by atoms with Gasteiger partial charge >= 0.3 is 0 Å². The first-order valence-electron chi connectivity index (χ1n) is 6.84. The molecule has 1 aromatic carbocycles.